The molecule has 1 heterocycles. The van der Waals surface area contributed by atoms with Crippen molar-refractivity contribution in [3.05, 3.63) is 29.8 Å². The van der Waals surface area contributed by atoms with Gasteiger partial charge in [0.1, 0.15) is 0 Å². The molecular formula is C11H14F2N2O2S. The van der Waals surface area contributed by atoms with Crippen LogP contribution in [0.1, 0.15) is 6.92 Å². The number of sulfonamides is 1. The highest BCUT2D eigenvalue weighted by Gasteiger charge is 2.35. The molecule has 1 saturated heterocycles. The summed E-state index contributed by atoms with van der Waals surface area (Å²) < 4.78 is 51.4. The molecule has 1 aromatic carbocycles. The minimum Gasteiger partial charge on any atom is -0.326 e. The highest BCUT2D eigenvalue weighted by molar-refractivity contribution is 7.89. The summed E-state index contributed by atoms with van der Waals surface area (Å²) in [7, 11) is -3.80. The van der Waals surface area contributed by atoms with E-state index in [4.69, 9.17) is 5.73 Å². The Hall–Kier alpha value is -1.05. The topological polar surface area (TPSA) is 63.4 Å². The molecule has 0 aliphatic carbocycles. The maximum Gasteiger partial charge on any atom is 0.243 e. The van der Waals surface area contributed by atoms with Crippen LogP contribution in [0.5, 0.6) is 0 Å². The molecule has 4 nitrogen and oxygen atoms in total. The Morgan fingerprint density at radius 1 is 1.28 bits per heavy atom. The molecule has 0 bridgehead atoms. The molecule has 1 aliphatic heterocycles. The summed E-state index contributed by atoms with van der Waals surface area (Å²) in [5, 5.41) is 0. The van der Waals surface area contributed by atoms with E-state index in [1.54, 1.807) is 0 Å². The van der Waals surface area contributed by atoms with E-state index in [2.05, 4.69) is 0 Å². The van der Waals surface area contributed by atoms with Gasteiger partial charge in [0.25, 0.3) is 0 Å². The molecular weight excluding hydrogens is 262 g/mol. The van der Waals surface area contributed by atoms with Gasteiger partial charge in [0.15, 0.2) is 11.6 Å². The largest absolute Gasteiger partial charge is 0.326 e. The summed E-state index contributed by atoms with van der Waals surface area (Å²) in [6.07, 6.45) is 0. The van der Waals surface area contributed by atoms with Crippen LogP contribution in [0, 0.1) is 17.6 Å². The molecule has 0 aromatic heterocycles. The van der Waals surface area contributed by atoms with Gasteiger partial charge in [-0.15, -0.1) is 0 Å². The smallest absolute Gasteiger partial charge is 0.243 e. The van der Waals surface area contributed by atoms with Crippen molar-refractivity contribution >= 4 is 10.0 Å². The van der Waals surface area contributed by atoms with Crippen LogP contribution in [0.25, 0.3) is 0 Å². The Kier molecular flexibility index (Phi) is 3.39. The van der Waals surface area contributed by atoms with Gasteiger partial charge in [-0.1, -0.05) is 6.92 Å². The van der Waals surface area contributed by atoms with Gasteiger partial charge in [-0.25, -0.2) is 17.2 Å². The first-order valence-electron chi connectivity index (χ1n) is 5.53. The highest BCUT2D eigenvalue weighted by Crippen LogP contribution is 2.24. The van der Waals surface area contributed by atoms with Gasteiger partial charge in [-0.3, -0.25) is 0 Å². The monoisotopic (exact) mass is 276 g/mol. The van der Waals surface area contributed by atoms with Crippen molar-refractivity contribution in [1.29, 1.82) is 0 Å². The molecule has 100 valence electrons. The highest BCUT2D eigenvalue weighted by atomic mass is 32.2. The molecule has 2 rings (SSSR count). The molecule has 0 amide bonds. The first-order valence-corrected chi connectivity index (χ1v) is 6.97. The molecule has 0 radical (unpaired) electrons. The second kappa shape index (κ2) is 4.56. The maximum atomic E-state index is 13.1. The summed E-state index contributed by atoms with van der Waals surface area (Å²) >= 11 is 0. The minimum absolute atomic E-state index is 0.0464. The Morgan fingerprint density at radius 2 is 1.94 bits per heavy atom. The van der Waals surface area contributed by atoms with Crippen molar-refractivity contribution in [1.82, 2.24) is 4.31 Å². The maximum absolute atomic E-state index is 13.1. The second-order valence-electron chi connectivity index (χ2n) is 4.54. The SMILES string of the molecule is CC1CN(S(=O)(=O)c2ccc(F)c(F)c2)CC1N. The molecule has 2 atom stereocenters. The fraction of sp³-hybridized carbons (Fsp3) is 0.455. The van der Waals surface area contributed by atoms with Gasteiger partial charge in [0.2, 0.25) is 10.0 Å². The van der Waals surface area contributed by atoms with Crippen molar-refractivity contribution in [2.24, 2.45) is 11.7 Å². The van der Waals surface area contributed by atoms with E-state index in [0.717, 1.165) is 12.1 Å². The minimum atomic E-state index is -3.80. The zero-order chi connectivity index (χ0) is 13.5. The third-order valence-corrected chi connectivity index (χ3v) is 4.99. The molecule has 1 aromatic rings. The van der Waals surface area contributed by atoms with Gasteiger partial charge >= 0.3 is 0 Å². The van der Waals surface area contributed by atoms with Crippen molar-refractivity contribution in [2.75, 3.05) is 13.1 Å². The average molecular weight is 276 g/mol. The lowest BCUT2D eigenvalue weighted by Crippen LogP contribution is -2.32. The van der Waals surface area contributed by atoms with Gasteiger partial charge in [0.05, 0.1) is 4.90 Å². The Morgan fingerprint density at radius 3 is 2.44 bits per heavy atom. The van der Waals surface area contributed by atoms with Crippen LogP contribution >= 0.6 is 0 Å². The van der Waals surface area contributed by atoms with Crippen LogP contribution in [0.2, 0.25) is 0 Å². The number of halogens is 2. The van der Waals surface area contributed by atoms with Crippen molar-refractivity contribution in [2.45, 2.75) is 17.9 Å². The first kappa shape index (κ1) is 13.4. The van der Waals surface area contributed by atoms with Crippen LogP contribution in [0.4, 0.5) is 8.78 Å². The molecule has 7 heteroatoms. The van der Waals surface area contributed by atoms with Crippen molar-refractivity contribution in [3.63, 3.8) is 0 Å². The zero-order valence-electron chi connectivity index (χ0n) is 9.81. The fourth-order valence-corrected chi connectivity index (χ4v) is 3.52. The normalized spacial score (nSPS) is 25.6. The molecule has 0 spiro atoms. The van der Waals surface area contributed by atoms with E-state index in [9.17, 15) is 17.2 Å². The number of hydrogen-bond acceptors (Lipinski definition) is 3. The second-order valence-corrected chi connectivity index (χ2v) is 6.48. The van der Waals surface area contributed by atoms with E-state index < -0.39 is 21.7 Å². The van der Waals surface area contributed by atoms with Crippen LogP contribution in [-0.4, -0.2) is 31.9 Å². The quantitative estimate of drug-likeness (QED) is 0.874. The zero-order valence-corrected chi connectivity index (χ0v) is 10.6. The Bertz CT molecular complexity index is 552. The van der Waals surface area contributed by atoms with E-state index in [0.29, 0.717) is 12.6 Å². The fourth-order valence-electron chi connectivity index (χ4n) is 1.93. The number of benzene rings is 1. The summed E-state index contributed by atoms with van der Waals surface area (Å²) in [6.45, 7) is 2.34. The lowest BCUT2D eigenvalue weighted by atomic mass is 10.1. The predicted molar refractivity (Wildman–Crippen MR) is 62.3 cm³/mol. The van der Waals surface area contributed by atoms with Gasteiger partial charge in [0, 0.05) is 19.1 Å². The standard InChI is InChI=1S/C11H14F2N2O2S/c1-7-5-15(6-11(7)14)18(16,17)8-2-3-9(12)10(13)4-8/h2-4,7,11H,5-6,14H2,1H3. The van der Waals surface area contributed by atoms with Gasteiger partial charge in [-0.05, 0) is 24.1 Å². The van der Waals surface area contributed by atoms with Crippen LogP contribution in [-0.2, 0) is 10.0 Å². The van der Waals surface area contributed by atoms with Crippen LogP contribution in [0.3, 0.4) is 0 Å². The van der Waals surface area contributed by atoms with E-state index in [-0.39, 0.29) is 23.4 Å². The summed E-state index contributed by atoms with van der Waals surface area (Å²) in [4.78, 5) is -0.247. The third kappa shape index (κ3) is 2.25. The van der Waals surface area contributed by atoms with Gasteiger partial charge in [-0.2, -0.15) is 4.31 Å². The summed E-state index contributed by atoms with van der Waals surface area (Å²) in [6, 6.07) is 2.33. The van der Waals surface area contributed by atoms with Crippen molar-refractivity contribution < 1.29 is 17.2 Å². The molecule has 2 unspecified atom stereocenters. The molecule has 18 heavy (non-hydrogen) atoms. The molecule has 1 fully saturated rings. The Labute approximate surface area is 104 Å². The predicted octanol–water partition coefficient (Wildman–Crippen LogP) is 0.933. The summed E-state index contributed by atoms with van der Waals surface area (Å²) in [5.41, 5.74) is 5.76. The molecule has 2 N–H and O–H groups in total. The van der Waals surface area contributed by atoms with Crippen LogP contribution < -0.4 is 5.73 Å². The number of nitrogens with two attached hydrogens (primary N) is 1. The first-order chi connectivity index (χ1) is 8.32. The number of hydrogen-bond donors (Lipinski definition) is 1. The lowest BCUT2D eigenvalue weighted by molar-refractivity contribution is 0.461. The number of rotatable bonds is 2. The Balaban J connectivity index is 2.34. The number of nitrogens with zero attached hydrogens (tertiary/aromatic N) is 1. The van der Waals surface area contributed by atoms with Crippen LogP contribution in [0.15, 0.2) is 23.1 Å². The average Bonchev–Trinajstić information content (AvgIpc) is 2.64. The van der Waals surface area contributed by atoms with Gasteiger partial charge < -0.3 is 5.73 Å². The summed E-state index contributed by atoms with van der Waals surface area (Å²) in [5.74, 6) is -2.20. The van der Waals surface area contributed by atoms with E-state index >= 15 is 0 Å². The molecule has 0 saturated carbocycles. The molecule has 1 aliphatic rings. The lowest BCUT2D eigenvalue weighted by Gasteiger charge is -2.16. The van der Waals surface area contributed by atoms with E-state index in [1.807, 2.05) is 6.92 Å². The third-order valence-electron chi connectivity index (χ3n) is 3.17. The van der Waals surface area contributed by atoms with E-state index in [1.165, 1.54) is 4.31 Å². The van der Waals surface area contributed by atoms with Crippen molar-refractivity contribution in [3.8, 4) is 0 Å².